The van der Waals surface area contributed by atoms with Gasteiger partial charge in [-0.3, -0.25) is 9.97 Å². The van der Waals surface area contributed by atoms with E-state index in [0.29, 0.717) is 0 Å². The van der Waals surface area contributed by atoms with Crippen molar-refractivity contribution in [1.82, 2.24) is 15.0 Å². The summed E-state index contributed by atoms with van der Waals surface area (Å²) in [5.41, 5.74) is 5.90. The predicted molar refractivity (Wildman–Crippen MR) is 90.0 cm³/mol. The van der Waals surface area contributed by atoms with Gasteiger partial charge < -0.3 is 4.42 Å². The van der Waals surface area contributed by atoms with Crippen LogP contribution in [0.1, 0.15) is 0 Å². The molecule has 1 aromatic carbocycles. The number of pyridine rings is 3. The fourth-order valence-electron chi connectivity index (χ4n) is 2.93. The van der Waals surface area contributed by atoms with Crippen LogP contribution in [0.15, 0.2) is 71.4 Å². The maximum Gasteiger partial charge on any atom is 0.155 e. The third-order valence-electron chi connectivity index (χ3n) is 3.98. The standard InChI is InChI=1S/C19H11N3O/c1-4-12-5-2-10-20-17(12)13(6-1)14-8-9-16-19(22-14)18-15(23-16)7-3-11-21-18/h1-11H. The van der Waals surface area contributed by atoms with Crippen molar-refractivity contribution in [2.24, 2.45) is 0 Å². The zero-order chi connectivity index (χ0) is 15.2. The van der Waals surface area contributed by atoms with E-state index < -0.39 is 0 Å². The van der Waals surface area contributed by atoms with Crippen molar-refractivity contribution < 1.29 is 4.42 Å². The molecule has 108 valence electrons. The summed E-state index contributed by atoms with van der Waals surface area (Å²) in [6.45, 7) is 0. The van der Waals surface area contributed by atoms with Crippen LogP contribution in [0.4, 0.5) is 0 Å². The van der Waals surface area contributed by atoms with E-state index >= 15 is 0 Å². The van der Waals surface area contributed by atoms with Gasteiger partial charge in [-0.15, -0.1) is 0 Å². The second kappa shape index (κ2) is 4.61. The monoisotopic (exact) mass is 297 g/mol. The minimum atomic E-state index is 0.746. The van der Waals surface area contributed by atoms with E-state index in [0.717, 1.165) is 44.4 Å². The summed E-state index contributed by atoms with van der Waals surface area (Å²) in [5, 5.41) is 1.10. The Labute approximate surface area is 131 Å². The van der Waals surface area contributed by atoms with Crippen LogP contribution in [0.5, 0.6) is 0 Å². The molecule has 0 spiro atoms. The Morgan fingerprint density at radius 2 is 1.43 bits per heavy atom. The van der Waals surface area contributed by atoms with Gasteiger partial charge in [0.25, 0.3) is 0 Å². The number of aromatic nitrogens is 3. The van der Waals surface area contributed by atoms with E-state index in [-0.39, 0.29) is 0 Å². The molecule has 0 saturated carbocycles. The molecular weight excluding hydrogens is 286 g/mol. The molecule has 0 atom stereocenters. The predicted octanol–water partition coefficient (Wildman–Crippen LogP) is 4.59. The summed E-state index contributed by atoms with van der Waals surface area (Å²) >= 11 is 0. The van der Waals surface area contributed by atoms with Crippen LogP contribution < -0.4 is 0 Å². The molecule has 0 fully saturated rings. The van der Waals surface area contributed by atoms with Crippen LogP contribution in [0, 0.1) is 0 Å². The summed E-state index contributed by atoms with van der Waals surface area (Å²) in [5.74, 6) is 0. The van der Waals surface area contributed by atoms with Crippen molar-refractivity contribution in [2.45, 2.75) is 0 Å². The molecule has 0 saturated heterocycles. The maximum atomic E-state index is 5.79. The quantitative estimate of drug-likeness (QED) is 0.454. The topological polar surface area (TPSA) is 51.8 Å². The average molecular weight is 297 g/mol. The molecule has 0 aliphatic rings. The third kappa shape index (κ3) is 1.82. The van der Waals surface area contributed by atoms with Crippen molar-refractivity contribution >= 4 is 33.1 Å². The van der Waals surface area contributed by atoms with Gasteiger partial charge in [-0.25, -0.2) is 4.98 Å². The van der Waals surface area contributed by atoms with Crippen molar-refractivity contribution in [3.8, 4) is 11.3 Å². The Kier molecular flexibility index (Phi) is 2.46. The van der Waals surface area contributed by atoms with E-state index in [9.17, 15) is 0 Å². The molecule has 0 aliphatic heterocycles. The highest BCUT2D eigenvalue weighted by molar-refractivity contribution is 6.01. The lowest BCUT2D eigenvalue weighted by Crippen LogP contribution is -1.88. The molecule has 23 heavy (non-hydrogen) atoms. The van der Waals surface area contributed by atoms with Gasteiger partial charge in [-0.2, -0.15) is 0 Å². The highest BCUT2D eigenvalue weighted by Crippen LogP contribution is 2.30. The van der Waals surface area contributed by atoms with Gasteiger partial charge in [-0.05, 0) is 30.3 Å². The first-order chi connectivity index (χ1) is 11.4. The minimum Gasteiger partial charge on any atom is -0.453 e. The van der Waals surface area contributed by atoms with Crippen molar-refractivity contribution in [3.63, 3.8) is 0 Å². The van der Waals surface area contributed by atoms with Crippen LogP contribution in [0.3, 0.4) is 0 Å². The summed E-state index contributed by atoms with van der Waals surface area (Å²) < 4.78 is 5.79. The van der Waals surface area contributed by atoms with E-state index in [4.69, 9.17) is 9.40 Å². The normalized spacial score (nSPS) is 11.5. The van der Waals surface area contributed by atoms with Gasteiger partial charge >= 0.3 is 0 Å². The Morgan fingerprint density at radius 3 is 2.39 bits per heavy atom. The molecule has 0 radical (unpaired) electrons. The van der Waals surface area contributed by atoms with E-state index in [1.54, 1.807) is 12.4 Å². The molecule has 4 heteroatoms. The fraction of sp³-hybridized carbons (Fsp3) is 0. The number of benzene rings is 1. The maximum absolute atomic E-state index is 5.79. The number of furan rings is 1. The van der Waals surface area contributed by atoms with Gasteiger partial charge in [0.15, 0.2) is 11.2 Å². The van der Waals surface area contributed by atoms with Gasteiger partial charge in [0, 0.05) is 23.3 Å². The van der Waals surface area contributed by atoms with Gasteiger partial charge in [-0.1, -0.05) is 24.3 Å². The molecule has 0 bridgehead atoms. The van der Waals surface area contributed by atoms with Gasteiger partial charge in [0.1, 0.15) is 11.0 Å². The second-order valence-electron chi connectivity index (χ2n) is 5.38. The first kappa shape index (κ1) is 12.3. The van der Waals surface area contributed by atoms with Crippen LogP contribution in [0.2, 0.25) is 0 Å². The van der Waals surface area contributed by atoms with Gasteiger partial charge in [0.05, 0.1) is 11.2 Å². The molecule has 5 aromatic rings. The molecule has 0 unspecified atom stereocenters. The average Bonchev–Trinajstić information content (AvgIpc) is 2.99. The third-order valence-corrected chi connectivity index (χ3v) is 3.98. The highest BCUT2D eigenvalue weighted by atomic mass is 16.3. The minimum absolute atomic E-state index is 0.746. The van der Waals surface area contributed by atoms with Crippen molar-refractivity contribution in [2.75, 3.05) is 0 Å². The first-order valence-electron chi connectivity index (χ1n) is 7.38. The number of para-hydroxylation sites is 1. The van der Waals surface area contributed by atoms with Crippen LogP contribution in [-0.4, -0.2) is 15.0 Å². The molecular formula is C19H11N3O. The molecule has 4 heterocycles. The van der Waals surface area contributed by atoms with E-state index in [1.807, 2.05) is 42.5 Å². The number of hydrogen-bond acceptors (Lipinski definition) is 4. The van der Waals surface area contributed by atoms with E-state index in [1.165, 1.54) is 0 Å². The van der Waals surface area contributed by atoms with Crippen LogP contribution >= 0.6 is 0 Å². The Morgan fingerprint density at radius 1 is 0.652 bits per heavy atom. The zero-order valence-electron chi connectivity index (χ0n) is 12.1. The van der Waals surface area contributed by atoms with Crippen molar-refractivity contribution in [3.05, 3.63) is 67.0 Å². The Hall–Kier alpha value is -3.27. The molecule has 0 amide bonds. The summed E-state index contributed by atoms with van der Waals surface area (Å²) in [4.78, 5) is 13.7. The zero-order valence-corrected chi connectivity index (χ0v) is 12.1. The molecule has 0 N–H and O–H groups in total. The van der Waals surface area contributed by atoms with E-state index in [2.05, 4.69) is 22.1 Å². The lowest BCUT2D eigenvalue weighted by atomic mass is 10.1. The van der Waals surface area contributed by atoms with Gasteiger partial charge in [0.2, 0.25) is 0 Å². The molecule has 0 aliphatic carbocycles. The molecule has 5 rings (SSSR count). The fourth-order valence-corrected chi connectivity index (χ4v) is 2.93. The number of rotatable bonds is 1. The van der Waals surface area contributed by atoms with Crippen molar-refractivity contribution in [1.29, 1.82) is 0 Å². The molecule has 4 nitrogen and oxygen atoms in total. The highest BCUT2D eigenvalue weighted by Gasteiger charge is 2.12. The summed E-state index contributed by atoms with van der Waals surface area (Å²) in [6.07, 6.45) is 3.56. The summed E-state index contributed by atoms with van der Waals surface area (Å²) in [6, 6.07) is 17.8. The van der Waals surface area contributed by atoms with Crippen LogP contribution in [0.25, 0.3) is 44.4 Å². The largest absolute Gasteiger partial charge is 0.453 e. The lowest BCUT2D eigenvalue weighted by molar-refractivity contribution is 0.667. The Balaban J connectivity index is 1.84. The number of nitrogens with zero attached hydrogens (tertiary/aromatic N) is 3. The van der Waals surface area contributed by atoms with Crippen LogP contribution in [-0.2, 0) is 0 Å². The smallest absolute Gasteiger partial charge is 0.155 e. The number of hydrogen-bond donors (Lipinski definition) is 0. The second-order valence-corrected chi connectivity index (χ2v) is 5.38. The molecule has 4 aromatic heterocycles. The number of fused-ring (bicyclic) bond motifs is 4. The Bertz CT molecular complexity index is 1170. The lowest BCUT2D eigenvalue weighted by Gasteiger charge is -2.05. The first-order valence-corrected chi connectivity index (χ1v) is 7.38. The summed E-state index contributed by atoms with van der Waals surface area (Å²) in [7, 11) is 0. The SMILES string of the molecule is c1cnc2c(-c3ccc4oc5cccnc5c4n3)cccc2c1.